The first-order valence-electron chi connectivity index (χ1n) is 8.07. The maximum Gasteiger partial charge on any atom is 0.289 e. The molecule has 0 aliphatic carbocycles. The highest BCUT2D eigenvalue weighted by Crippen LogP contribution is 2.12. The molecular weight excluding hydrogens is 298 g/mol. The summed E-state index contributed by atoms with van der Waals surface area (Å²) < 4.78 is 10.7. The molecule has 0 unspecified atom stereocenters. The Balaban J connectivity index is 1.47. The van der Waals surface area contributed by atoms with E-state index in [1.54, 1.807) is 17.0 Å². The first kappa shape index (κ1) is 16.0. The molecule has 2 aliphatic rings. The van der Waals surface area contributed by atoms with E-state index >= 15 is 0 Å². The quantitative estimate of drug-likeness (QED) is 0.796. The number of ether oxygens (including phenoxy) is 1. The molecule has 3 heterocycles. The second-order valence-electron chi connectivity index (χ2n) is 5.97. The lowest BCUT2D eigenvalue weighted by Gasteiger charge is -2.36. The molecule has 7 heteroatoms. The fourth-order valence-electron chi connectivity index (χ4n) is 2.91. The van der Waals surface area contributed by atoms with E-state index in [1.165, 1.54) is 0 Å². The molecule has 1 aromatic heterocycles. The molecule has 0 atom stereocenters. The van der Waals surface area contributed by atoms with Gasteiger partial charge in [0.25, 0.3) is 5.91 Å². The maximum atomic E-state index is 12.3. The number of amides is 2. The van der Waals surface area contributed by atoms with Crippen LogP contribution in [0.1, 0.15) is 16.3 Å². The second kappa shape index (κ2) is 7.14. The third-order valence-electron chi connectivity index (χ3n) is 4.33. The van der Waals surface area contributed by atoms with Crippen LogP contribution in [0.3, 0.4) is 0 Å². The molecule has 0 saturated carbocycles. The first-order valence-corrected chi connectivity index (χ1v) is 8.07. The van der Waals surface area contributed by atoms with E-state index in [9.17, 15) is 9.59 Å². The number of rotatable bonds is 3. The topological polar surface area (TPSA) is 66.2 Å². The largest absolute Gasteiger partial charge is 0.456 e. The van der Waals surface area contributed by atoms with Crippen molar-refractivity contribution < 1.29 is 18.7 Å². The van der Waals surface area contributed by atoms with Crippen molar-refractivity contribution >= 4 is 11.8 Å². The Bertz CT molecular complexity index is 557. The molecule has 0 N–H and O–H groups in total. The van der Waals surface area contributed by atoms with Gasteiger partial charge in [-0.05, 0) is 19.1 Å². The van der Waals surface area contributed by atoms with Crippen molar-refractivity contribution in [1.82, 2.24) is 14.7 Å². The average Bonchev–Trinajstić information content (AvgIpc) is 3.02. The normalized spacial score (nSPS) is 19.9. The van der Waals surface area contributed by atoms with Crippen LogP contribution in [0.25, 0.3) is 0 Å². The number of hydrogen-bond donors (Lipinski definition) is 0. The molecule has 0 aromatic carbocycles. The number of morpholine rings is 1. The predicted molar refractivity (Wildman–Crippen MR) is 83.2 cm³/mol. The summed E-state index contributed by atoms with van der Waals surface area (Å²) in [6.07, 6.45) is 0. The van der Waals surface area contributed by atoms with Gasteiger partial charge < -0.3 is 19.0 Å². The van der Waals surface area contributed by atoms with Crippen LogP contribution in [-0.2, 0) is 9.53 Å². The van der Waals surface area contributed by atoms with Crippen molar-refractivity contribution in [2.75, 3.05) is 59.0 Å². The van der Waals surface area contributed by atoms with Gasteiger partial charge >= 0.3 is 0 Å². The highest BCUT2D eigenvalue weighted by Gasteiger charge is 2.27. The highest BCUT2D eigenvalue weighted by atomic mass is 16.5. The lowest BCUT2D eigenvalue weighted by Crippen LogP contribution is -2.53. The van der Waals surface area contributed by atoms with Gasteiger partial charge in [-0.2, -0.15) is 0 Å². The Hall–Kier alpha value is -1.86. The average molecular weight is 321 g/mol. The summed E-state index contributed by atoms with van der Waals surface area (Å²) >= 11 is 0. The fourth-order valence-corrected chi connectivity index (χ4v) is 2.91. The Morgan fingerprint density at radius 1 is 1.00 bits per heavy atom. The van der Waals surface area contributed by atoms with Gasteiger partial charge in [-0.15, -0.1) is 0 Å². The minimum Gasteiger partial charge on any atom is -0.456 e. The van der Waals surface area contributed by atoms with Crippen molar-refractivity contribution in [3.05, 3.63) is 23.7 Å². The molecule has 0 spiro atoms. The van der Waals surface area contributed by atoms with E-state index in [0.29, 0.717) is 51.7 Å². The summed E-state index contributed by atoms with van der Waals surface area (Å²) in [5.74, 6) is 1.13. The smallest absolute Gasteiger partial charge is 0.289 e. The van der Waals surface area contributed by atoms with Gasteiger partial charge in [0.2, 0.25) is 5.91 Å². The monoisotopic (exact) mass is 321 g/mol. The van der Waals surface area contributed by atoms with E-state index in [-0.39, 0.29) is 11.8 Å². The van der Waals surface area contributed by atoms with Gasteiger partial charge in [0.05, 0.1) is 19.8 Å². The molecule has 2 aliphatic heterocycles. The van der Waals surface area contributed by atoms with Crippen LogP contribution in [0.15, 0.2) is 16.5 Å². The zero-order chi connectivity index (χ0) is 16.2. The number of carbonyl (C=O) groups is 2. The molecule has 0 bridgehead atoms. The molecule has 2 amide bonds. The minimum atomic E-state index is -0.0987. The highest BCUT2D eigenvalue weighted by molar-refractivity contribution is 5.91. The molecule has 3 rings (SSSR count). The summed E-state index contributed by atoms with van der Waals surface area (Å²) in [5, 5.41) is 0. The van der Waals surface area contributed by atoms with Gasteiger partial charge in [-0.1, -0.05) is 0 Å². The molecular formula is C16H23N3O4. The van der Waals surface area contributed by atoms with Crippen LogP contribution in [0.5, 0.6) is 0 Å². The number of nitrogens with zero attached hydrogens (tertiary/aromatic N) is 3. The number of piperazine rings is 1. The van der Waals surface area contributed by atoms with Gasteiger partial charge in [-0.3, -0.25) is 14.5 Å². The Kier molecular flexibility index (Phi) is 4.97. The second-order valence-corrected chi connectivity index (χ2v) is 5.97. The number of furan rings is 1. The molecule has 2 fully saturated rings. The van der Waals surface area contributed by atoms with Crippen LogP contribution in [0.4, 0.5) is 0 Å². The lowest BCUT2D eigenvalue weighted by atomic mass is 10.2. The standard InChI is InChI=1S/C16H23N3O4/c1-13-2-3-14(23-13)16(21)19-6-4-18(5-7-19)15(20)12-17-8-10-22-11-9-17/h2-3H,4-12H2,1H3. The third kappa shape index (κ3) is 3.92. The van der Waals surface area contributed by atoms with Gasteiger partial charge in [0.1, 0.15) is 5.76 Å². The van der Waals surface area contributed by atoms with Crippen molar-refractivity contribution in [1.29, 1.82) is 0 Å². The Labute approximate surface area is 135 Å². The first-order chi connectivity index (χ1) is 11.1. The van der Waals surface area contributed by atoms with Crippen LogP contribution in [-0.4, -0.2) is 85.5 Å². The number of carbonyl (C=O) groups excluding carboxylic acids is 2. The van der Waals surface area contributed by atoms with E-state index < -0.39 is 0 Å². The SMILES string of the molecule is Cc1ccc(C(=O)N2CCN(C(=O)CN3CCOCC3)CC2)o1. The summed E-state index contributed by atoms with van der Waals surface area (Å²) in [6, 6.07) is 3.49. The van der Waals surface area contributed by atoms with Crippen molar-refractivity contribution in [2.24, 2.45) is 0 Å². The Morgan fingerprint density at radius 2 is 1.65 bits per heavy atom. The molecule has 126 valence electrons. The van der Waals surface area contributed by atoms with E-state index in [2.05, 4.69) is 4.90 Å². The van der Waals surface area contributed by atoms with Crippen LogP contribution < -0.4 is 0 Å². The van der Waals surface area contributed by atoms with Crippen molar-refractivity contribution in [3.63, 3.8) is 0 Å². The summed E-state index contributed by atoms with van der Waals surface area (Å²) in [5.41, 5.74) is 0. The van der Waals surface area contributed by atoms with Gasteiger partial charge in [0.15, 0.2) is 5.76 Å². The van der Waals surface area contributed by atoms with Crippen LogP contribution in [0, 0.1) is 6.92 Å². The summed E-state index contributed by atoms with van der Waals surface area (Å²) in [6.45, 7) is 7.51. The predicted octanol–water partition coefficient (Wildman–Crippen LogP) is 0.205. The third-order valence-corrected chi connectivity index (χ3v) is 4.33. The van der Waals surface area contributed by atoms with E-state index in [0.717, 1.165) is 18.8 Å². The zero-order valence-electron chi connectivity index (χ0n) is 13.5. The summed E-state index contributed by atoms with van der Waals surface area (Å²) in [4.78, 5) is 30.4. The van der Waals surface area contributed by atoms with E-state index in [1.807, 2.05) is 11.8 Å². The van der Waals surface area contributed by atoms with Gasteiger partial charge in [0, 0.05) is 39.3 Å². The number of aryl methyl sites for hydroxylation is 1. The molecule has 7 nitrogen and oxygen atoms in total. The number of hydrogen-bond acceptors (Lipinski definition) is 5. The van der Waals surface area contributed by atoms with E-state index in [4.69, 9.17) is 9.15 Å². The molecule has 23 heavy (non-hydrogen) atoms. The molecule has 2 saturated heterocycles. The lowest BCUT2D eigenvalue weighted by molar-refractivity contribution is -0.134. The fraction of sp³-hybridized carbons (Fsp3) is 0.625. The van der Waals surface area contributed by atoms with Gasteiger partial charge in [-0.25, -0.2) is 0 Å². The zero-order valence-corrected chi connectivity index (χ0v) is 13.5. The minimum absolute atomic E-state index is 0.0987. The molecule has 0 radical (unpaired) electrons. The Morgan fingerprint density at radius 3 is 2.26 bits per heavy atom. The summed E-state index contributed by atoms with van der Waals surface area (Å²) in [7, 11) is 0. The maximum absolute atomic E-state index is 12.3. The van der Waals surface area contributed by atoms with Crippen molar-refractivity contribution in [3.8, 4) is 0 Å². The van der Waals surface area contributed by atoms with Crippen LogP contribution in [0.2, 0.25) is 0 Å². The molecule has 1 aromatic rings. The van der Waals surface area contributed by atoms with Crippen molar-refractivity contribution in [2.45, 2.75) is 6.92 Å². The van der Waals surface area contributed by atoms with Crippen LogP contribution >= 0.6 is 0 Å².